The van der Waals surface area contributed by atoms with Crippen LogP contribution in [0.25, 0.3) is 10.2 Å². The van der Waals surface area contributed by atoms with Crippen molar-refractivity contribution in [3.63, 3.8) is 0 Å². The van der Waals surface area contributed by atoms with Gasteiger partial charge in [-0.05, 0) is 37.5 Å². The van der Waals surface area contributed by atoms with Crippen LogP contribution in [0, 0.1) is 6.92 Å². The van der Waals surface area contributed by atoms with Crippen LogP contribution >= 0.6 is 11.3 Å². The van der Waals surface area contributed by atoms with Gasteiger partial charge in [-0.25, -0.2) is 4.98 Å². The summed E-state index contributed by atoms with van der Waals surface area (Å²) in [6, 6.07) is 6.39. The normalized spacial score (nSPS) is 14.0. The minimum Gasteiger partial charge on any atom is -0.508 e. The first kappa shape index (κ1) is 16.8. The van der Waals surface area contributed by atoms with Crippen molar-refractivity contribution >= 4 is 33.1 Å². The van der Waals surface area contributed by atoms with Gasteiger partial charge in [0.25, 0.3) is 11.5 Å². The van der Waals surface area contributed by atoms with Crippen LogP contribution in [-0.4, -0.2) is 20.6 Å². The van der Waals surface area contributed by atoms with Crippen LogP contribution in [0.2, 0.25) is 0 Å². The zero-order chi connectivity index (χ0) is 18.3. The lowest BCUT2D eigenvalue weighted by Gasteiger charge is -2.08. The van der Waals surface area contributed by atoms with Crippen LogP contribution in [0.5, 0.6) is 5.75 Å². The summed E-state index contributed by atoms with van der Waals surface area (Å²) in [4.78, 5) is 31.4. The fourth-order valence-electron chi connectivity index (χ4n) is 3.40. The van der Waals surface area contributed by atoms with Crippen molar-refractivity contribution in [3.8, 4) is 5.75 Å². The molecule has 0 radical (unpaired) electrons. The summed E-state index contributed by atoms with van der Waals surface area (Å²) in [6.45, 7) is 2.49. The predicted molar refractivity (Wildman–Crippen MR) is 102 cm³/mol. The predicted octanol–water partition coefficient (Wildman–Crippen LogP) is 3.45. The van der Waals surface area contributed by atoms with Crippen molar-refractivity contribution in [1.82, 2.24) is 9.55 Å². The van der Waals surface area contributed by atoms with E-state index in [-0.39, 0.29) is 17.2 Å². The Bertz CT molecular complexity index is 1070. The average molecular weight is 369 g/mol. The molecule has 1 aliphatic heterocycles. The molecule has 134 valence electrons. The van der Waals surface area contributed by atoms with Crippen molar-refractivity contribution in [2.24, 2.45) is 0 Å². The van der Waals surface area contributed by atoms with E-state index >= 15 is 0 Å². The highest BCUT2D eigenvalue weighted by atomic mass is 32.1. The topological polar surface area (TPSA) is 84.2 Å². The monoisotopic (exact) mass is 369 g/mol. The zero-order valence-corrected chi connectivity index (χ0v) is 15.2. The number of fused-ring (bicyclic) bond motifs is 2. The van der Waals surface area contributed by atoms with E-state index < -0.39 is 0 Å². The largest absolute Gasteiger partial charge is 0.508 e. The fraction of sp³-hybridized carbons (Fsp3) is 0.316. The highest BCUT2D eigenvalue weighted by Crippen LogP contribution is 2.29. The third-order valence-corrected chi connectivity index (χ3v) is 5.91. The number of aromatic nitrogens is 2. The number of hydrogen-bond acceptors (Lipinski definition) is 5. The lowest BCUT2D eigenvalue weighted by Crippen LogP contribution is -2.24. The molecule has 7 heteroatoms. The molecule has 2 aromatic heterocycles. The number of aromatic hydroxyl groups is 1. The maximum absolute atomic E-state index is 13.0. The average Bonchev–Trinajstić information content (AvgIpc) is 2.78. The Labute approximate surface area is 154 Å². The Kier molecular flexibility index (Phi) is 4.24. The maximum Gasteiger partial charge on any atom is 0.266 e. The van der Waals surface area contributed by atoms with Crippen molar-refractivity contribution < 1.29 is 9.90 Å². The molecule has 0 unspecified atom stereocenters. The number of rotatable bonds is 2. The first-order valence-corrected chi connectivity index (χ1v) is 9.49. The van der Waals surface area contributed by atoms with E-state index in [4.69, 9.17) is 0 Å². The van der Waals surface area contributed by atoms with Gasteiger partial charge in [0.2, 0.25) is 0 Å². The molecular formula is C19H19N3O3S. The summed E-state index contributed by atoms with van der Waals surface area (Å²) in [7, 11) is 0. The maximum atomic E-state index is 13.0. The number of aryl methyl sites for hydroxylation is 2. The fourth-order valence-corrected chi connectivity index (χ4v) is 4.48. The Morgan fingerprint density at radius 1 is 1.31 bits per heavy atom. The number of phenols is 1. The van der Waals surface area contributed by atoms with Gasteiger partial charge in [-0.2, -0.15) is 0 Å². The van der Waals surface area contributed by atoms with Crippen molar-refractivity contribution in [2.45, 2.75) is 39.2 Å². The van der Waals surface area contributed by atoms with Crippen LogP contribution in [0.3, 0.4) is 0 Å². The lowest BCUT2D eigenvalue weighted by atomic mass is 10.2. The minimum absolute atomic E-state index is 0.0444. The molecule has 3 aromatic rings. The number of nitrogens with zero attached hydrogens (tertiary/aromatic N) is 2. The summed E-state index contributed by atoms with van der Waals surface area (Å²) < 4.78 is 1.77. The Morgan fingerprint density at radius 2 is 2.15 bits per heavy atom. The summed E-state index contributed by atoms with van der Waals surface area (Å²) in [5.41, 5.74) is 1.13. The van der Waals surface area contributed by atoms with E-state index in [9.17, 15) is 14.7 Å². The molecule has 0 fully saturated rings. The quantitative estimate of drug-likeness (QED) is 0.725. The number of amides is 1. The second-order valence-corrected chi connectivity index (χ2v) is 7.54. The van der Waals surface area contributed by atoms with E-state index in [2.05, 4.69) is 10.3 Å². The Hall–Kier alpha value is -2.67. The molecule has 1 aliphatic rings. The van der Waals surface area contributed by atoms with Crippen LogP contribution in [0.4, 0.5) is 5.69 Å². The molecule has 0 bridgehead atoms. The van der Waals surface area contributed by atoms with Crippen molar-refractivity contribution in [1.29, 1.82) is 0 Å². The molecule has 26 heavy (non-hydrogen) atoms. The highest BCUT2D eigenvalue weighted by Gasteiger charge is 2.22. The summed E-state index contributed by atoms with van der Waals surface area (Å²) >= 11 is 1.25. The van der Waals surface area contributed by atoms with E-state index in [0.29, 0.717) is 32.9 Å². The van der Waals surface area contributed by atoms with E-state index in [1.807, 2.05) is 0 Å². The van der Waals surface area contributed by atoms with Gasteiger partial charge in [-0.1, -0.05) is 12.5 Å². The minimum atomic E-state index is -0.296. The van der Waals surface area contributed by atoms with Crippen molar-refractivity contribution in [2.75, 3.05) is 5.32 Å². The van der Waals surface area contributed by atoms with Gasteiger partial charge in [0.15, 0.2) is 0 Å². The van der Waals surface area contributed by atoms with Gasteiger partial charge in [-0.15, -0.1) is 11.3 Å². The number of carbonyl (C=O) groups excluding carboxylic acids is 1. The van der Waals surface area contributed by atoms with Gasteiger partial charge >= 0.3 is 0 Å². The molecule has 0 saturated heterocycles. The number of nitrogens with one attached hydrogen (secondary N) is 1. The van der Waals surface area contributed by atoms with Crippen LogP contribution in [-0.2, 0) is 13.0 Å². The smallest absolute Gasteiger partial charge is 0.266 e. The second kappa shape index (κ2) is 6.57. The van der Waals surface area contributed by atoms with Crippen LogP contribution in [0.15, 0.2) is 29.1 Å². The first-order valence-electron chi connectivity index (χ1n) is 8.68. The standard InChI is InChI=1S/C19H19N3O3S/c1-11-15-18(21-14-8-3-2-4-9-22(14)19(15)25)26-16(11)17(24)20-12-6-5-7-13(23)10-12/h5-7,10,23H,2-4,8-9H2,1H3,(H,20,24). The summed E-state index contributed by atoms with van der Waals surface area (Å²) in [5, 5.41) is 12.9. The number of anilines is 1. The Balaban J connectivity index is 1.77. The first-order chi connectivity index (χ1) is 12.5. The van der Waals surface area contributed by atoms with E-state index in [0.717, 1.165) is 31.5 Å². The molecule has 6 nitrogen and oxygen atoms in total. The molecule has 1 amide bonds. The van der Waals surface area contributed by atoms with E-state index in [1.54, 1.807) is 23.6 Å². The van der Waals surface area contributed by atoms with Gasteiger partial charge in [0.1, 0.15) is 16.4 Å². The van der Waals surface area contributed by atoms with Gasteiger partial charge in [0.05, 0.1) is 10.3 Å². The number of hydrogen-bond donors (Lipinski definition) is 2. The molecule has 0 spiro atoms. The number of benzene rings is 1. The van der Waals surface area contributed by atoms with Gasteiger partial charge in [-0.3, -0.25) is 14.2 Å². The van der Waals surface area contributed by atoms with Crippen LogP contribution in [0.1, 0.15) is 40.3 Å². The Morgan fingerprint density at radius 3 is 2.96 bits per heavy atom. The molecule has 0 aliphatic carbocycles. The third-order valence-electron chi connectivity index (χ3n) is 4.72. The second-order valence-electron chi connectivity index (χ2n) is 6.54. The number of thiophene rings is 1. The summed E-state index contributed by atoms with van der Waals surface area (Å²) in [5.74, 6) is 0.608. The summed E-state index contributed by atoms with van der Waals surface area (Å²) in [6.07, 6.45) is 3.92. The van der Waals surface area contributed by atoms with Gasteiger partial charge in [0, 0.05) is 24.7 Å². The number of phenolic OH excluding ortho intramolecular Hbond substituents is 1. The SMILES string of the molecule is Cc1c(C(=O)Nc2cccc(O)c2)sc2nc3n(c(=O)c12)CCCCC3. The lowest BCUT2D eigenvalue weighted by molar-refractivity contribution is 0.103. The zero-order valence-electron chi connectivity index (χ0n) is 14.4. The highest BCUT2D eigenvalue weighted by molar-refractivity contribution is 7.20. The molecule has 0 saturated carbocycles. The van der Waals surface area contributed by atoms with Crippen molar-refractivity contribution in [3.05, 3.63) is 50.9 Å². The van der Waals surface area contributed by atoms with E-state index in [1.165, 1.54) is 23.5 Å². The van der Waals surface area contributed by atoms with Gasteiger partial charge < -0.3 is 10.4 Å². The molecule has 4 rings (SSSR count). The van der Waals surface area contributed by atoms with Crippen LogP contribution < -0.4 is 10.9 Å². The number of carbonyl (C=O) groups is 1. The third kappa shape index (κ3) is 2.88. The molecule has 2 N–H and O–H groups in total. The molecule has 1 aromatic carbocycles. The molecular weight excluding hydrogens is 350 g/mol. The molecule has 0 atom stereocenters. The molecule has 3 heterocycles.